The van der Waals surface area contributed by atoms with Crippen LogP contribution in [0.2, 0.25) is 0 Å². The maximum atomic E-state index is 13.6. The Balaban J connectivity index is 2.29. The molecule has 0 amide bonds. The van der Waals surface area contributed by atoms with Gasteiger partial charge in [-0.05, 0) is 23.8 Å². The molecule has 0 unspecified atom stereocenters. The van der Waals surface area contributed by atoms with Crippen molar-refractivity contribution in [2.75, 3.05) is 12.4 Å². The lowest BCUT2D eigenvalue weighted by Gasteiger charge is -2.07. The minimum absolute atomic E-state index is 0.128. The van der Waals surface area contributed by atoms with Gasteiger partial charge in [-0.15, -0.1) is 11.6 Å². The second-order valence-corrected chi connectivity index (χ2v) is 6.24. The van der Waals surface area contributed by atoms with Crippen LogP contribution in [0, 0.1) is 5.82 Å². The van der Waals surface area contributed by atoms with E-state index in [2.05, 4.69) is 4.72 Å². The predicted octanol–water partition coefficient (Wildman–Crippen LogP) is 3.01. The van der Waals surface area contributed by atoms with E-state index in [4.69, 9.17) is 11.6 Å². The summed E-state index contributed by atoms with van der Waals surface area (Å²) in [4.78, 5) is 0.128. The maximum absolute atomic E-state index is 13.6. The number of benzene rings is 2. The van der Waals surface area contributed by atoms with Gasteiger partial charge in [-0.25, -0.2) is 17.5 Å². The monoisotopic (exact) mass is 313 g/mol. The maximum Gasteiger partial charge on any atom is 0.240 e. The first kappa shape index (κ1) is 15.0. The Kier molecular flexibility index (Phi) is 4.75. The zero-order chi connectivity index (χ0) is 14.6. The van der Waals surface area contributed by atoms with Crippen molar-refractivity contribution in [3.8, 4) is 11.1 Å². The van der Waals surface area contributed by atoms with Gasteiger partial charge in [0.2, 0.25) is 10.0 Å². The lowest BCUT2D eigenvalue weighted by molar-refractivity contribution is 0.584. The smallest absolute Gasteiger partial charge is 0.210 e. The molecule has 2 aromatic rings. The molecule has 0 aliphatic rings. The molecule has 0 radical (unpaired) electrons. The summed E-state index contributed by atoms with van der Waals surface area (Å²) >= 11 is 5.45. The van der Waals surface area contributed by atoms with E-state index in [9.17, 15) is 12.8 Å². The second-order valence-electron chi connectivity index (χ2n) is 4.09. The quantitative estimate of drug-likeness (QED) is 0.863. The van der Waals surface area contributed by atoms with Gasteiger partial charge in [0.1, 0.15) is 5.82 Å². The molecule has 0 saturated heterocycles. The average molecular weight is 314 g/mol. The van der Waals surface area contributed by atoms with E-state index >= 15 is 0 Å². The van der Waals surface area contributed by atoms with Gasteiger partial charge < -0.3 is 0 Å². The van der Waals surface area contributed by atoms with Crippen molar-refractivity contribution < 1.29 is 12.8 Å². The van der Waals surface area contributed by atoms with Crippen LogP contribution in [0.4, 0.5) is 4.39 Å². The number of hydrogen-bond donors (Lipinski definition) is 1. The highest BCUT2D eigenvalue weighted by Gasteiger charge is 2.13. The minimum Gasteiger partial charge on any atom is -0.210 e. The fraction of sp³-hybridized carbons (Fsp3) is 0.143. The van der Waals surface area contributed by atoms with E-state index in [1.54, 1.807) is 30.3 Å². The third-order valence-corrected chi connectivity index (χ3v) is 4.40. The van der Waals surface area contributed by atoms with E-state index in [0.29, 0.717) is 11.1 Å². The summed E-state index contributed by atoms with van der Waals surface area (Å²) in [6, 6.07) is 12.4. The molecule has 106 valence electrons. The zero-order valence-electron chi connectivity index (χ0n) is 10.5. The number of rotatable bonds is 5. The summed E-state index contributed by atoms with van der Waals surface area (Å²) in [5.41, 5.74) is 1.06. The van der Waals surface area contributed by atoms with E-state index in [1.807, 2.05) is 0 Å². The van der Waals surface area contributed by atoms with Crippen LogP contribution in [0.1, 0.15) is 0 Å². The Labute approximate surface area is 122 Å². The summed E-state index contributed by atoms with van der Waals surface area (Å²) in [5.74, 6) is -0.143. The molecule has 2 aromatic carbocycles. The van der Waals surface area contributed by atoms with E-state index < -0.39 is 10.0 Å². The second kappa shape index (κ2) is 6.35. The van der Waals surface area contributed by atoms with Crippen molar-refractivity contribution >= 4 is 21.6 Å². The third kappa shape index (κ3) is 3.36. The fourth-order valence-electron chi connectivity index (χ4n) is 1.77. The SMILES string of the molecule is O=S(=O)(NCCCl)c1ccc(-c2ccccc2F)cc1. The van der Waals surface area contributed by atoms with Crippen molar-refractivity contribution in [1.29, 1.82) is 0 Å². The molecule has 6 heteroatoms. The molecule has 3 nitrogen and oxygen atoms in total. The Morgan fingerprint density at radius 3 is 2.30 bits per heavy atom. The topological polar surface area (TPSA) is 46.2 Å². The highest BCUT2D eigenvalue weighted by atomic mass is 35.5. The van der Waals surface area contributed by atoms with E-state index in [1.165, 1.54) is 18.2 Å². The van der Waals surface area contributed by atoms with Crippen LogP contribution >= 0.6 is 11.6 Å². The molecule has 0 heterocycles. The van der Waals surface area contributed by atoms with Crippen molar-refractivity contribution in [1.82, 2.24) is 4.72 Å². The summed E-state index contributed by atoms with van der Waals surface area (Å²) in [6.45, 7) is 0.166. The number of alkyl halides is 1. The van der Waals surface area contributed by atoms with Crippen LogP contribution in [0.5, 0.6) is 0 Å². The first-order chi connectivity index (χ1) is 9.54. The molecule has 20 heavy (non-hydrogen) atoms. The van der Waals surface area contributed by atoms with Gasteiger partial charge in [-0.3, -0.25) is 0 Å². The van der Waals surface area contributed by atoms with Crippen LogP contribution in [-0.2, 0) is 10.0 Å². The average Bonchev–Trinajstić information content (AvgIpc) is 2.46. The first-order valence-corrected chi connectivity index (χ1v) is 7.97. The van der Waals surface area contributed by atoms with Crippen molar-refractivity contribution in [3.05, 3.63) is 54.3 Å². The number of sulfonamides is 1. The number of nitrogens with one attached hydrogen (secondary N) is 1. The largest absolute Gasteiger partial charge is 0.240 e. The fourth-order valence-corrected chi connectivity index (χ4v) is 3.00. The van der Waals surface area contributed by atoms with Gasteiger partial charge in [-0.1, -0.05) is 30.3 Å². The van der Waals surface area contributed by atoms with Gasteiger partial charge in [0, 0.05) is 18.0 Å². The zero-order valence-corrected chi connectivity index (χ0v) is 12.1. The molecule has 2 rings (SSSR count). The Morgan fingerprint density at radius 2 is 1.70 bits per heavy atom. The minimum atomic E-state index is -3.56. The van der Waals surface area contributed by atoms with E-state index in [-0.39, 0.29) is 23.1 Å². The lowest BCUT2D eigenvalue weighted by Crippen LogP contribution is -2.25. The molecule has 0 bridgehead atoms. The van der Waals surface area contributed by atoms with Gasteiger partial charge in [0.05, 0.1) is 4.90 Å². The summed E-state index contributed by atoms with van der Waals surface area (Å²) in [5, 5.41) is 0. The van der Waals surface area contributed by atoms with Crippen LogP contribution < -0.4 is 4.72 Å². The van der Waals surface area contributed by atoms with Crippen LogP contribution in [0.15, 0.2) is 53.4 Å². The Bertz CT molecular complexity index is 687. The summed E-state index contributed by atoms with van der Waals surface area (Å²) in [7, 11) is -3.56. The molecule has 0 atom stereocenters. The Hall–Kier alpha value is -1.43. The van der Waals surface area contributed by atoms with Crippen LogP contribution in [-0.4, -0.2) is 20.8 Å². The molecule has 0 aromatic heterocycles. The summed E-state index contributed by atoms with van der Waals surface area (Å²) < 4.78 is 39.7. The third-order valence-electron chi connectivity index (χ3n) is 2.74. The van der Waals surface area contributed by atoms with Gasteiger partial charge in [-0.2, -0.15) is 0 Å². The molecular weight excluding hydrogens is 301 g/mol. The molecule has 1 N–H and O–H groups in total. The standard InChI is InChI=1S/C14H13ClFNO2S/c15-9-10-17-20(18,19)12-7-5-11(6-8-12)13-3-1-2-4-14(13)16/h1-8,17H,9-10H2. The van der Waals surface area contributed by atoms with Crippen LogP contribution in [0.25, 0.3) is 11.1 Å². The van der Waals surface area contributed by atoms with Gasteiger partial charge in [0.15, 0.2) is 0 Å². The molecule has 0 spiro atoms. The lowest BCUT2D eigenvalue weighted by atomic mass is 10.1. The normalized spacial score (nSPS) is 11.5. The van der Waals surface area contributed by atoms with E-state index in [0.717, 1.165) is 0 Å². The number of halogens is 2. The molecule has 0 fully saturated rings. The molecular formula is C14H13ClFNO2S. The van der Waals surface area contributed by atoms with Crippen LogP contribution in [0.3, 0.4) is 0 Å². The molecule has 0 aliphatic carbocycles. The predicted molar refractivity (Wildman–Crippen MR) is 77.7 cm³/mol. The molecule has 0 saturated carbocycles. The first-order valence-electron chi connectivity index (χ1n) is 5.95. The highest BCUT2D eigenvalue weighted by molar-refractivity contribution is 7.89. The Morgan fingerprint density at radius 1 is 1.05 bits per heavy atom. The van der Waals surface area contributed by atoms with Crippen molar-refractivity contribution in [2.24, 2.45) is 0 Å². The van der Waals surface area contributed by atoms with Gasteiger partial charge in [0.25, 0.3) is 0 Å². The van der Waals surface area contributed by atoms with Gasteiger partial charge >= 0.3 is 0 Å². The van der Waals surface area contributed by atoms with Crippen molar-refractivity contribution in [2.45, 2.75) is 4.90 Å². The molecule has 0 aliphatic heterocycles. The summed E-state index contributed by atoms with van der Waals surface area (Å²) in [6.07, 6.45) is 0. The number of hydrogen-bond acceptors (Lipinski definition) is 2. The highest BCUT2D eigenvalue weighted by Crippen LogP contribution is 2.23. The van der Waals surface area contributed by atoms with Crippen molar-refractivity contribution in [3.63, 3.8) is 0 Å².